The molecule has 0 aliphatic carbocycles. The van der Waals surface area contributed by atoms with Crippen molar-refractivity contribution in [3.05, 3.63) is 65.4 Å². The Morgan fingerprint density at radius 2 is 1.85 bits per heavy atom. The molecule has 1 unspecified atom stereocenters. The minimum atomic E-state index is -3.61. The maximum atomic E-state index is 13.3. The fourth-order valence-corrected chi connectivity index (χ4v) is 7.74. The van der Waals surface area contributed by atoms with Crippen LogP contribution in [0.3, 0.4) is 0 Å². The van der Waals surface area contributed by atoms with Crippen LogP contribution in [0, 0.1) is 6.92 Å². The van der Waals surface area contributed by atoms with Crippen LogP contribution < -0.4 is 5.32 Å². The zero-order valence-corrected chi connectivity index (χ0v) is 24.7. The molecule has 4 aromatic rings. The second-order valence-corrected chi connectivity index (χ2v) is 14.1. The summed E-state index contributed by atoms with van der Waals surface area (Å²) < 4.78 is 30.9. The maximum absolute atomic E-state index is 13.3. The molecular weight excluding hydrogens is 530 g/mol. The van der Waals surface area contributed by atoms with Gasteiger partial charge in [-0.15, -0.1) is 0 Å². The number of fused-ring (bicyclic) bond motifs is 1. The van der Waals surface area contributed by atoms with Gasteiger partial charge in [-0.1, -0.05) is 51.5 Å². The van der Waals surface area contributed by atoms with Crippen molar-refractivity contribution < 1.29 is 13.2 Å². The molecule has 1 N–H and O–H groups in total. The van der Waals surface area contributed by atoms with Crippen LogP contribution >= 0.6 is 11.3 Å². The highest BCUT2D eigenvalue weighted by atomic mass is 32.2. The number of sulfonamides is 1. The molecule has 2 aromatic heterocycles. The number of benzene rings is 2. The highest BCUT2D eigenvalue weighted by Crippen LogP contribution is 2.32. The van der Waals surface area contributed by atoms with Gasteiger partial charge in [-0.2, -0.15) is 14.1 Å². The number of aromatic nitrogens is 3. The van der Waals surface area contributed by atoms with Crippen LogP contribution in [0.15, 0.2) is 53.4 Å². The van der Waals surface area contributed by atoms with E-state index in [1.54, 1.807) is 27.2 Å². The number of rotatable bonds is 6. The maximum Gasteiger partial charge on any atom is 0.256 e. The smallest absolute Gasteiger partial charge is 0.256 e. The fourth-order valence-electron chi connectivity index (χ4n) is 5.00. The standard InChI is InChI=1S/C29H35N5O3S2/c1-6-22-9-7-8-16-33(22)39(36,37)23-13-10-20(11-14-23)27(35)31-26-17-19(2)32-34(26)28-30-24-15-12-21(29(3,4)5)18-25(24)38-28/h10-15,17-18,22H,6-9,16H2,1-5H3,(H,31,35). The average molecular weight is 566 g/mol. The lowest BCUT2D eigenvalue weighted by Gasteiger charge is -2.34. The minimum absolute atomic E-state index is 0.0258. The number of nitrogens with zero attached hydrogens (tertiary/aromatic N) is 4. The number of anilines is 1. The Kier molecular flexibility index (Phi) is 7.39. The Balaban J connectivity index is 1.37. The lowest BCUT2D eigenvalue weighted by Crippen LogP contribution is -2.43. The number of nitrogens with one attached hydrogen (secondary N) is 1. The van der Waals surface area contributed by atoms with E-state index in [1.807, 2.05) is 19.9 Å². The van der Waals surface area contributed by atoms with Gasteiger partial charge in [0.15, 0.2) is 0 Å². The number of piperidine rings is 1. The van der Waals surface area contributed by atoms with Gasteiger partial charge in [0.05, 0.1) is 20.8 Å². The van der Waals surface area contributed by atoms with Gasteiger partial charge in [-0.25, -0.2) is 13.4 Å². The molecule has 3 heterocycles. The lowest BCUT2D eigenvalue weighted by molar-refractivity contribution is 0.102. The number of thiazole rings is 1. The van der Waals surface area contributed by atoms with Crippen LogP contribution in [0.1, 0.15) is 75.0 Å². The normalized spacial score (nSPS) is 17.0. The van der Waals surface area contributed by atoms with Gasteiger partial charge >= 0.3 is 0 Å². The fraction of sp³-hybridized carbons (Fsp3) is 0.414. The van der Waals surface area contributed by atoms with E-state index in [0.29, 0.717) is 23.1 Å². The third kappa shape index (κ3) is 5.50. The van der Waals surface area contributed by atoms with E-state index in [-0.39, 0.29) is 22.3 Å². The molecule has 0 saturated carbocycles. The summed E-state index contributed by atoms with van der Waals surface area (Å²) in [6.07, 6.45) is 3.60. The Bertz CT molecular complexity index is 1610. The molecular formula is C29H35N5O3S2. The Morgan fingerprint density at radius 1 is 1.10 bits per heavy atom. The largest absolute Gasteiger partial charge is 0.306 e. The van der Waals surface area contributed by atoms with Gasteiger partial charge < -0.3 is 5.32 Å². The van der Waals surface area contributed by atoms with Gasteiger partial charge in [-0.05, 0) is 73.6 Å². The average Bonchev–Trinajstić information content (AvgIpc) is 3.50. The van der Waals surface area contributed by atoms with Crippen molar-refractivity contribution in [2.75, 3.05) is 11.9 Å². The van der Waals surface area contributed by atoms with Crippen LogP contribution in [-0.2, 0) is 15.4 Å². The summed E-state index contributed by atoms with van der Waals surface area (Å²) in [6.45, 7) is 11.0. The highest BCUT2D eigenvalue weighted by molar-refractivity contribution is 7.89. The highest BCUT2D eigenvalue weighted by Gasteiger charge is 2.32. The second-order valence-electron chi connectivity index (χ2n) is 11.2. The van der Waals surface area contributed by atoms with E-state index in [2.05, 4.69) is 43.3 Å². The van der Waals surface area contributed by atoms with Crippen molar-refractivity contribution in [1.82, 2.24) is 19.1 Å². The van der Waals surface area contributed by atoms with Crippen molar-refractivity contribution >= 4 is 43.3 Å². The number of carbonyl (C=O) groups is 1. The zero-order chi connectivity index (χ0) is 27.9. The molecule has 8 nitrogen and oxygen atoms in total. The SMILES string of the molecule is CCC1CCCCN1S(=O)(=O)c1ccc(C(=O)Nc2cc(C)nn2-c2nc3ccc(C(C)(C)C)cc3s2)cc1. The third-order valence-corrected chi connectivity index (χ3v) is 10.2. The van der Waals surface area contributed by atoms with Crippen molar-refractivity contribution in [2.45, 2.75) is 76.7 Å². The van der Waals surface area contributed by atoms with E-state index >= 15 is 0 Å². The van der Waals surface area contributed by atoms with Crippen LogP contribution in [0.2, 0.25) is 0 Å². The second kappa shape index (κ2) is 10.5. The number of carbonyl (C=O) groups excluding carboxylic acids is 1. The van der Waals surface area contributed by atoms with Crippen LogP contribution in [0.5, 0.6) is 0 Å². The van der Waals surface area contributed by atoms with E-state index in [9.17, 15) is 13.2 Å². The first-order valence-corrected chi connectivity index (χ1v) is 15.6. The van der Waals surface area contributed by atoms with Gasteiger partial charge in [0.25, 0.3) is 5.91 Å². The number of amides is 1. The molecule has 1 atom stereocenters. The molecule has 1 fully saturated rings. The lowest BCUT2D eigenvalue weighted by atomic mass is 9.87. The van der Waals surface area contributed by atoms with E-state index in [4.69, 9.17) is 4.98 Å². The topological polar surface area (TPSA) is 97.2 Å². The van der Waals surface area contributed by atoms with Gasteiger partial charge in [0.2, 0.25) is 15.2 Å². The number of aryl methyl sites for hydroxylation is 1. The summed E-state index contributed by atoms with van der Waals surface area (Å²) in [5, 5.41) is 8.16. The van der Waals surface area contributed by atoms with Crippen LogP contribution in [-0.4, -0.2) is 46.0 Å². The predicted molar refractivity (Wildman–Crippen MR) is 156 cm³/mol. The quantitative estimate of drug-likeness (QED) is 0.296. The van der Waals surface area contributed by atoms with Gasteiger partial charge in [0, 0.05) is 24.2 Å². The van der Waals surface area contributed by atoms with Gasteiger partial charge in [0.1, 0.15) is 5.82 Å². The van der Waals surface area contributed by atoms with E-state index in [0.717, 1.165) is 41.6 Å². The summed E-state index contributed by atoms with van der Waals surface area (Å²) in [5.74, 6) is 0.157. The Labute approximate surface area is 234 Å². The molecule has 1 aliphatic rings. The molecule has 1 saturated heterocycles. The first-order valence-electron chi connectivity index (χ1n) is 13.4. The molecule has 0 radical (unpaired) electrons. The molecule has 206 valence electrons. The van der Waals surface area contributed by atoms with Crippen LogP contribution in [0.4, 0.5) is 5.82 Å². The van der Waals surface area contributed by atoms with Crippen molar-refractivity contribution in [2.24, 2.45) is 0 Å². The first kappa shape index (κ1) is 27.5. The molecule has 1 amide bonds. The summed E-state index contributed by atoms with van der Waals surface area (Å²) in [6, 6.07) is 14.3. The van der Waals surface area contributed by atoms with Crippen molar-refractivity contribution in [3.63, 3.8) is 0 Å². The van der Waals surface area contributed by atoms with Gasteiger partial charge in [-0.3, -0.25) is 4.79 Å². The Morgan fingerprint density at radius 3 is 2.54 bits per heavy atom. The van der Waals surface area contributed by atoms with E-state index < -0.39 is 10.0 Å². The predicted octanol–water partition coefficient (Wildman–Crippen LogP) is 6.29. The minimum Gasteiger partial charge on any atom is -0.306 e. The molecule has 0 spiro atoms. The Hall–Kier alpha value is -3.08. The summed E-state index contributed by atoms with van der Waals surface area (Å²) in [5.41, 5.74) is 3.24. The number of hydrogen-bond acceptors (Lipinski definition) is 6. The molecule has 2 aromatic carbocycles. The summed E-state index contributed by atoms with van der Waals surface area (Å²) in [4.78, 5) is 18.1. The molecule has 10 heteroatoms. The zero-order valence-electron chi connectivity index (χ0n) is 23.1. The summed E-state index contributed by atoms with van der Waals surface area (Å²) >= 11 is 1.52. The molecule has 0 bridgehead atoms. The third-order valence-electron chi connectivity index (χ3n) is 7.26. The molecule has 1 aliphatic heterocycles. The van der Waals surface area contributed by atoms with E-state index in [1.165, 1.54) is 29.0 Å². The van der Waals surface area contributed by atoms with Crippen LogP contribution in [0.25, 0.3) is 15.3 Å². The molecule has 5 rings (SSSR count). The first-order chi connectivity index (χ1) is 18.5. The molecule has 39 heavy (non-hydrogen) atoms. The number of hydrogen-bond donors (Lipinski definition) is 1. The summed E-state index contributed by atoms with van der Waals surface area (Å²) in [7, 11) is -3.61. The van der Waals surface area contributed by atoms with Crippen molar-refractivity contribution in [1.29, 1.82) is 0 Å². The van der Waals surface area contributed by atoms with Crippen molar-refractivity contribution in [3.8, 4) is 5.13 Å². The monoisotopic (exact) mass is 565 g/mol.